The maximum atomic E-state index is 12.2. The van der Waals surface area contributed by atoms with Crippen LogP contribution in [-0.2, 0) is 14.3 Å². The number of rotatable bonds is 9. The normalized spacial score (nSPS) is 10.6. The molecular weight excluding hydrogens is 328 g/mol. The molecule has 0 amide bonds. The third-order valence-electron chi connectivity index (χ3n) is 3.28. The van der Waals surface area contributed by atoms with Gasteiger partial charge in [-0.2, -0.15) is 0 Å². The van der Waals surface area contributed by atoms with Gasteiger partial charge in [0.1, 0.15) is 24.4 Å². The lowest BCUT2D eigenvalue weighted by atomic mass is 10.1. The summed E-state index contributed by atoms with van der Waals surface area (Å²) in [7, 11) is 0. The first-order valence-corrected chi connectivity index (χ1v) is 8.02. The Hall–Kier alpha value is -2.67. The van der Waals surface area contributed by atoms with Crippen LogP contribution in [0.3, 0.4) is 0 Å². The highest BCUT2D eigenvalue weighted by atomic mass is 16.5. The minimum atomic E-state index is -0.659. The van der Waals surface area contributed by atoms with Crippen molar-refractivity contribution < 1.29 is 28.2 Å². The largest absolute Gasteiger partial charge is 0.491 e. The Bertz CT molecular complexity index is 807. The van der Waals surface area contributed by atoms with Gasteiger partial charge in [0.05, 0.1) is 18.6 Å². The van der Waals surface area contributed by atoms with E-state index >= 15 is 0 Å². The monoisotopic (exact) mass is 348 g/mol. The van der Waals surface area contributed by atoms with E-state index in [-0.39, 0.29) is 23.4 Å². The van der Waals surface area contributed by atoms with E-state index in [9.17, 15) is 14.4 Å². The van der Waals surface area contributed by atoms with Crippen molar-refractivity contribution in [2.24, 2.45) is 0 Å². The lowest BCUT2D eigenvalue weighted by Gasteiger charge is -2.07. The molecule has 0 aliphatic heterocycles. The molecule has 0 spiro atoms. The zero-order valence-electron chi connectivity index (χ0n) is 14.2. The van der Waals surface area contributed by atoms with Gasteiger partial charge in [0.25, 0.3) is 0 Å². The second-order valence-corrected chi connectivity index (χ2v) is 5.08. The Kier molecular flexibility index (Phi) is 6.71. The molecule has 0 N–H and O–H groups in total. The Morgan fingerprint density at radius 2 is 1.88 bits per heavy atom. The molecule has 0 saturated heterocycles. The van der Waals surface area contributed by atoms with Crippen LogP contribution in [0.2, 0.25) is 0 Å². The van der Waals surface area contributed by atoms with Crippen molar-refractivity contribution in [2.45, 2.75) is 20.3 Å². The molecule has 0 saturated carbocycles. The molecule has 134 valence electrons. The van der Waals surface area contributed by atoms with E-state index in [4.69, 9.17) is 18.6 Å². The van der Waals surface area contributed by atoms with E-state index in [1.165, 1.54) is 0 Å². The van der Waals surface area contributed by atoms with Gasteiger partial charge in [-0.3, -0.25) is 14.4 Å². The zero-order valence-corrected chi connectivity index (χ0v) is 14.2. The van der Waals surface area contributed by atoms with Crippen LogP contribution >= 0.6 is 0 Å². The summed E-state index contributed by atoms with van der Waals surface area (Å²) in [5.74, 6) is -0.927. The topological polar surface area (TPSA) is 92.0 Å². The van der Waals surface area contributed by atoms with Gasteiger partial charge in [-0.15, -0.1) is 0 Å². The third-order valence-corrected chi connectivity index (χ3v) is 3.28. The van der Waals surface area contributed by atoms with Crippen LogP contribution in [0.25, 0.3) is 11.0 Å². The van der Waals surface area contributed by atoms with Crippen molar-refractivity contribution in [1.82, 2.24) is 0 Å². The molecule has 0 fully saturated rings. The fourth-order valence-electron chi connectivity index (χ4n) is 2.16. The van der Waals surface area contributed by atoms with E-state index in [2.05, 4.69) is 0 Å². The fraction of sp³-hybridized carbons (Fsp3) is 0.389. The highest BCUT2D eigenvalue weighted by Crippen LogP contribution is 2.20. The van der Waals surface area contributed by atoms with Crippen LogP contribution in [0, 0.1) is 0 Å². The maximum absolute atomic E-state index is 12.2. The van der Waals surface area contributed by atoms with Crippen LogP contribution in [0.5, 0.6) is 5.75 Å². The maximum Gasteiger partial charge on any atom is 0.313 e. The van der Waals surface area contributed by atoms with Gasteiger partial charge in [0.15, 0.2) is 11.2 Å². The molecule has 0 atom stereocenters. The van der Waals surface area contributed by atoms with Crippen LogP contribution < -0.4 is 10.2 Å². The second kappa shape index (κ2) is 8.98. The molecule has 7 heteroatoms. The van der Waals surface area contributed by atoms with Crippen molar-refractivity contribution in [1.29, 1.82) is 0 Å². The molecule has 7 nitrogen and oxygen atoms in total. The summed E-state index contributed by atoms with van der Waals surface area (Å²) in [6, 6.07) is 5.81. The Balaban J connectivity index is 2.17. The number of fused-ring (bicyclic) bond motifs is 1. The molecule has 0 unspecified atom stereocenters. The van der Waals surface area contributed by atoms with Crippen LogP contribution in [0.1, 0.15) is 30.8 Å². The average Bonchev–Trinajstić information content (AvgIpc) is 2.59. The number of ether oxygens (including phenoxy) is 3. The molecule has 1 aromatic heterocycles. The standard InChI is InChI=1S/C18H20O7/c1-3-22-7-8-24-12-5-6-16-13(9-12)14(19)10-17(25-16)15(20)11-18(21)23-4-2/h5-6,9-10H,3-4,7-8,11H2,1-2H3. The van der Waals surface area contributed by atoms with Crippen LogP contribution in [0.4, 0.5) is 0 Å². The summed E-state index contributed by atoms with van der Waals surface area (Å²) in [6.45, 7) is 5.13. The number of Topliss-reactive ketones (excluding diaryl/α,β-unsaturated/α-hetero) is 1. The minimum absolute atomic E-state index is 0.171. The van der Waals surface area contributed by atoms with Crippen molar-refractivity contribution in [3.8, 4) is 5.75 Å². The number of hydrogen-bond donors (Lipinski definition) is 0. The van der Waals surface area contributed by atoms with Crippen molar-refractivity contribution in [3.05, 3.63) is 40.2 Å². The zero-order chi connectivity index (χ0) is 18.2. The molecule has 1 aromatic carbocycles. The first-order chi connectivity index (χ1) is 12.0. The highest BCUT2D eigenvalue weighted by molar-refractivity contribution is 6.04. The predicted octanol–water partition coefficient (Wildman–Crippen LogP) is 2.34. The van der Waals surface area contributed by atoms with Crippen LogP contribution in [0.15, 0.2) is 33.5 Å². The number of hydrogen-bond acceptors (Lipinski definition) is 7. The van der Waals surface area contributed by atoms with E-state index in [1.807, 2.05) is 6.92 Å². The van der Waals surface area contributed by atoms with E-state index in [0.717, 1.165) is 6.07 Å². The van der Waals surface area contributed by atoms with Gasteiger partial charge in [0.2, 0.25) is 5.78 Å². The summed E-state index contributed by atoms with van der Waals surface area (Å²) < 4.78 is 20.8. The van der Waals surface area contributed by atoms with Crippen molar-refractivity contribution >= 4 is 22.7 Å². The fourth-order valence-corrected chi connectivity index (χ4v) is 2.16. The summed E-state index contributed by atoms with van der Waals surface area (Å²) in [4.78, 5) is 35.6. The summed E-state index contributed by atoms with van der Waals surface area (Å²) in [5, 5.41) is 0.293. The lowest BCUT2D eigenvalue weighted by molar-refractivity contribution is -0.142. The lowest BCUT2D eigenvalue weighted by Crippen LogP contribution is -2.13. The smallest absolute Gasteiger partial charge is 0.313 e. The van der Waals surface area contributed by atoms with Gasteiger partial charge >= 0.3 is 5.97 Å². The van der Waals surface area contributed by atoms with Gasteiger partial charge in [-0.25, -0.2) is 0 Å². The molecule has 2 aromatic rings. The van der Waals surface area contributed by atoms with Gasteiger partial charge < -0.3 is 18.6 Å². The summed E-state index contributed by atoms with van der Waals surface area (Å²) in [6.07, 6.45) is -0.471. The minimum Gasteiger partial charge on any atom is -0.491 e. The molecule has 0 bridgehead atoms. The molecule has 2 rings (SSSR count). The molecule has 25 heavy (non-hydrogen) atoms. The quantitative estimate of drug-likeness (QED) is 0.297. The van der Waals surface area contributed by atoms with Gasteiger partial charge in [-0.05, 0) is 32.0 Å². The van der Waals surface area contributed by atoms with Crippen molar-refractivity contribution in [3.63, 3.8) is 0 Å². The van der Waals surface area contributed by atoms with E-state index in [0.29, 0.717) is 31.0 Å². The predicted molar refractivity (Wildman–Crippen MR) is 90.1 cm³/mol. The Morgan fingerprint density at radius 1 is 1.08 bits per heavy atom. The number of benzene rings is 1. The molecule has 0 aliphatic carbocycles. The Labute approximate surface area is 144 Å². The Morgan fingerprint density at radius 3 is 2.60 bits per heavy atom. The number of carbonyl (C=O) groups excluding carboxylic acids is 2. The van der Waals surface area contributed by atoms with E-state index < -0.39 is 18.2 Å². The van der Waals surface area contributed by atoms with E-state index in [1.54, 1.807) is 25.1 Å². The molecule has 0 radical (unpaired) electrons. The number of ketones is 1. The first kappa shape index (κ1) is 18.7. The highest BCUT2D eigenvalue weighted by Gasteiger charge is 2.17. The SMILES string of the molecule is CCOCCOc1ccc2oc(C(=O)CC(=O)OCC)cc(=O)c2c1. The number of carbonyl (C=O) groups is 2. The van der Waals surface area contributed by atoms with Gasteiger partial charge in [-0.1, -0.05) is 0 Å². The summed E-state index contributed by atoms with van der Waals surface area (Å²) >= 11 is 0. The molecule has 1 heterocycles. The summed E-state index contributed by atoms with van der Waals surface area (Å²) in [5.41, 5.74) is -0.138. The molecular formula is C18H20O7. The first-order valence-electron chi connectivity index (χ1n) is 8.02. The third kappa shape index (κ3) is 5.15. The van der Waals surface area contributed by atoms with Crippen LogP contribution in [-0.4, -0.2) is 38.2 Å². The number of esters is 1. The average molecular weight is 348 g/mol. The second-order valence-electron chi connectivity index (χ2n) is 5.08. The molecule has 0 aliphatic rings. The van der Waals surface area contributed by atoms with Crippen molar-refractivity contribution in [2.75, 3.05) is 26.4 Å². The van der Waals surface area contributed by atoms with Gasteiger partial charge in [0, 0.05) is 12.7 Å².